The fourth-order valence-electron chi connectivity index (χ4n) is 2.84. The summed E-state index contributed by atoms with van der Waals surface area (Å²) in [7, 11) is 0. The van der Waals surface area contributed by atoms with Gasteiger partial charge in [0.25, 0.3) is 5.91 Å². The molecule has 0 saturated heterocycles. The van der Waals surface area contributed by atoms with Crippen molar-refractivity contribution in [3.05, 3.63) is 35.4 Å². The molecule has 23 heavy (non-hydrogen) atoms. The van der Waals surface area contributed by atoms with E-state index in [1.807, 2.05) is 0 Å². The predicted molar refractivity (Wildman–Crippen MR) is 84.9 cm³/mol. The first-order valence-electron chi connectivity index (χ1n) is 7.82. The molecular weight excluding hydrogens is 296 g/mol. The lowest BCUT2D eigenvalue weighted by Crippen LogP contribution is -2.55. The van der Waals surface area contributed by atoms with Crippen molar-refractivity contribution in [2.75, 3.05) is 0 Å². The molecule has 1 aromatic carbocycles. The van der Waals surface area contributed by atoms with Crippen molar-refractivity contribution in [3.8, 4) is 0 Å². The van der Waals surface area contributed by atoms with Crippen LogP contribution in [0.3, 0.4) is 0 Å². The summed E-state index contributed by atoms with van der Waals surface area (Å²) >= 11 is 0. The van der Waals surface area contributed by atoms with E-state index in [-0.39, 0.29) is 11.8 Å². The normalized spacial score (nSPS) is 16.4. The molecule has 2 rings (SSSR count). The number of rotatable bonds is 5. The van der Waals surface area contributed by atoms with Gasteiger partial charge in [-0.15, -0.1) is 0 Å². The van der Waals surface area contributed by atoms with E-state index in [2.05, 4.69) is 10.6 Å². The second kappa shape index (κ2) is 7.26. The van der Waals surface area contributed by atoms with Gasteiger partial charge in [0.15, 0.2) is 0 Å². The van der Waals surface area contributed by atoms with Crippen molar-refractivity contribution in [2.45, 2.75) is 51.1 Å². The average Bonchev–Trinajstić information content (AvgIpc) is 2.54. The standard InChI is InChI=1S/C17H22N2O4/c1-12(20)18-11-13-5-7-14(8-6-13)15(21)19-17(16(22)23)9-3-2-4-10-17/h5-8H,2-4,9-11H2,1H3,(H,18,20)(H,19,21)(H,22,23). The van der Waals surface area contributed by atoms with Crippen molar-refractivity contribution in [2.24, 2.45) is 0 Å². The molecule has 1 aromatic rings. The summed E-state index contributed by atoms with van der Waals surface area (Å²) in [5, 5.41) is 14.9. The Morgan fingerprint density at radius 1 is 1.09 bits per heavy atom. The Bertz CT molecular complexity index is 589. The Hall–Kier alpha value is -2.37. The van der Waals surface area contributed by atoms with Crippen LogP contribution in [0.1, 0.15) is 54.9 Å². The van der Waals surface area contributed by atoms with Crippen LogP contribution in [0.25, 0.3) is 0 Å². The van der Waals surface area contributed by atoms with Crippen molar-refractivity contribution < 1.29 is 19.5 Å². The number of carboxylic acids is 1. The largest absolute Gasteiger partial charge is 0.480 e. The molecule has 124 valence electrons. The molecule has 1 fully saturated rings. The molecule has 0 heterocycles. The summed E-state index contributed by atoms with van der Waals surface area (Å²) in [6.45, 7) is 1.84. The van der Waals surface area contributed by atoms with Crippen LogP contribution in [0.5, 0.6) is 0 Å². The topological polar surface area (TPSA) is 95.5 Å². The highest BCUT2D eigenvalue weighted by Crippen LogP contribution is 2.28. The van der Waals surface area contributed by atoms with Crippen LogP contribution in [0.15, 0.2) is 24.3 Å². The molecule has 2 amide bonds. The smallest absolute Gasteiger partial charge is 0.329 e. The number of carboxylic acid groups (broad SMARTS) is 1. The number of carbonyl (C=O) groups is 3. The van der Waals surface area contributed by atoms with Crippen LogP contribution in [-0.4, -0.2) is 28.4 Å². The van der Waals surface area contributed by atoms with E-state index < -0.39 is 11.5 Å². The van der Waals surface area contributed by atoms with Gasteiger partial charge < -0.3 is 15.7 Å². The number of aliphatic carboxylic acids is 1. The molecule has 0 aromatic heterocycles. The lowest BCUT2D eigenvalue weighted by Gasteiger charge is -2.34. The molecule has 1 aliphatic carbocycles. The van der Waals surface area contributed by atoms with Crippen LogP contribution >= 0.6 is 0 Å². The van der Waals surface area contributed by atoms with Gasteiger partial charge in [-0.05, 0) is 30.5 Å². The summed E-state index contributed by atoms with van der Waals surface area (Å²) in [6, 6.07) is 6.79. The number of carbonyl (C=O) groups excluding carboxylic acids is 2. The van der Waals surface area contributed by atoms with Gasteiger partial charge in [-0.1, -0.05) is 31.4 Å². The Labute approximate surface area is 135 Å². The van der Waals surface area contributed by atoms with Crippen molar-refractivity contribution in [3.63, 3.8) is 0 Å². The first-order chi connectivity index (χ1) is 10.9. The number of nitrogens with one attached hydrogen (secondary N) is 2. The van der Waals surface area contributed by atoms with Gasteiger partial charge in [0, 0.05) is 19.0 Å². The van der Waals surface area contributed by atoms with E-state index in [9.17, 15) is 19.5 Å². The van der Waals surface area contributed by atoms with E-state index in [4.69, 9.17) is 0 Å². The minimum atomic E-state index is -1.15. The van der Waals surface area contributed by atoms with Crippen LogP contribution in [0.4, 0.5) is 0 Å². The molecule has 0 bridgehead atoms. The first kappa shape index (κ1) is 17.0. The zero-order valence-electron chi connectivity index (χ0n) is 13.2. The maximum atomic E-state index is 12.4. The lowest BCUT2D eigenvalue weighted by atomic mass is 9.81. The third kappa shape index (κ3) is 4.31. The fourth-order valence-corrected chi connectivity index (χ4v) is 2.84. The number of hydrogen-bond acceptors (Lipinski definition) is 3. The van der Waals surface area contributed by atoms with Crippen molar-refractivity contribution >= 4 is 17.8 Å². The first-order valence-corrected chi connectivity index (χ1v) is 7.82. The van der Waals surface area contributed by atoms with Gasteiger partial charge in [0.05, 0.1) is 0 Å². The molecule has 3 N–H and O–H groups in total. The number of amides is 2. The van der Waals surface area contributed by atoms with Gasteiger partial charge in [0.2, 0.25) is 5.91 Å². The zero-order chi connectivity index (χ0) is 16.9. The van der Waals surface area contributed by atoms with Gasteiger partial charge in [-0.3, -0.25) is 9.59 Å². The molecule has 6 nitrogen and oxygen atoms in total. The van der Waals surface area contributed by atoms with Gasteiger partial charge >= 0.3 is 5.97 Å². The van der Waals surface area contributed by atoms with Crippen LogP contribution in [-0.2, 0) is 16.1 Å². The van der Waals surface area contributed by atoms with Gasteiger partial charge in [-0.2, -0.15) is 0 Å². The molecule has 0 atom stereocenters. The van der Waals surface area contributed by atoms with Crippen LogP contribution in [0.2, 0.25) is 0 Å². The molecule has 0 aliphatic heterocycles. The van der Waals surface area contributed by atoms with E-state index >= 15 is 0 Å². The molecule has 6 heteroatoms. The summed E-state index contributed by atoms with van der Waals surface area (Å²) in [5.41, 5.74) is 0.148. The fraction of sp³-hybridized carbons (Fsp3) is 0.471. The molecular formula is C17H22N2O4. The maximum absolute atomic E-state index is 12.4. The average molecular weight is 318 g/mol. The third-order valence-corrected chi connectivity index (χ3v) is 4.23. The summed E-state index contributed by atoms with van der Waals surface area (Å²) in [5.74, 6) is -1.46. The highest BCUT2D eigenvalue weighted by molar-refractivity contribution is 5.97. The van der Waals surface area contributed by atoms with Crippen molar-refractivity contribution in [1.29, 1.82) is 0 Å². The number of benzene rings is 1. The Morgan fingerprint density at radius 2 is 1.70 bits per heavy atom. The quantitative estimate of drug-likeness (QED) is 0.772. The minimum absolute atomic E-state index is 0.118. The monoisotopic (exact) mass is 318 g/mol. The molecule has 0 spiro atoms. The molecule has 0 unspecified atom stereocenters. The van der Waals surface area contributed by atoms with E-state index in [0.29, 0.717) is 24.9 Å². The molecule has 0 radical (unpaired) electrons. The minimum Gasteiger partial charge on any atom is -0.480 e. The molecule has 1 saturated carbocycles. The van der Waals surface area contributed by atoms with E-state index in [1.54, 1.807) is 24.3 Å². The second-order valence-corrected chi connectivity index (χ2v) is 6.01. The van der Waals surface area contributed by atoms with E-state index in [1.165, 1.54) is 6.92 Å². The third-order valence-electron chi connectivity index (χ3n) is 4.23. The summed E-state index contributed by atoms with van der Waals surface area (Å²) < 4.78 is 0. The Morgan fingerprint density at radius 3 is 2.22 bits per heavy atom. The summed E-state index contributed by atoms with van der Waals surface area (Å²) in [4.78, 5) is 34.8. The highest BCUT2D eigenvalue weighted by Gasteiger charge is 2.41. The number of hydrogen-bond donors (Lipinski definition) is 3. The Kier molecular flexibility index (Phi) is 5.36. The molecule has 1 aliphatic rings. The second-order valence-electron chi connectivity index (χ2n) is 6.01. The zero-order valence-corrected chi connectivity index (χ0v) is 13.2. The van der Waals surface area contributed by atoms with Crippen LogP contribution < -0.4 is 10.6 Å². The maximum Gasteiger partial charge on any atom is 0.329 e. The van der Waals surface area contributed by atoms with Crippen molar-refractivity contribution in [1.82, 2.24) is 10.6 Å². The SMILES string of the molecule is CC(=O)NCc1ccc(C(=O)NC2(C(=O)O)CCCCC2)cc1. The predicted octanol–water partition coefficient (Wildman–Crippen LogP) is 1.84. The van der Waals surface area contributed by atoms with Gasteiger partial charge in [-0.25, -0.2) is 4.79 Å². The summed E-state index contributed by atoms with van der Waals surface area (Å²) in [6.07, 6.45) is 3.55. The van der Waals surface area contributed by atoms with Crippen LogP contribution in [0, 0.1) is 0 Å². The van der Waals surface area contributed by atoms with E-state index in [0.717, 1.165) is 24.8 Å². The van der Waals surface area contributed by atoms with Gasteiger partial charge in [0.1, 0.15) is 5.54 Å². The highest BCUT2D eigenvalue weighted by atomic mass is 16.4. The lowest BCUT2D eigenvalue weighted by molar-refractivity contribution is -0.146. The Balaban J connectivity index is 2.04.